The zero-order chi connectivity index (χ0) is 13.3. The van der Waals surface area contributed by atoms with Gasteiger partial charge in [0.05, 0.1) is 5.56 Å². The van der Waals surface area contributed by atoms with Crippen LogP contribution in [0.1, 0.15) is 15.9 Å². The summed E-state index contributed by atoms with van der Waals surface area (Å²) in [6.07, 6.45) is 0. The van der Waals surface area contributed by atoms with Crippen LogP contribution in [0.4, 0.5) is 0 Å². The minimum atomic E-state index is -0.998. The van der Waals surface area contributed by atoms with Crippen molar-refractivity contribution in [1.29, 1.82) is 0 Å². The first-order chi connectivity index (χ1) is 8.49. The van der Waals surface area contributed by atoms with Crippen LogP contribution in [-0.4, -0.2) is 25.8 Å². The van der Waals surface area contributed by atoms with Crippen LogP contribution in [-0.2, 0) is 7.05 Å². The van der Waals surface area contributed by atoms with Gasteiger partial charge in [-0.2, -0.15) is 0 Å². The Hall–Kier alpha value is -2.02. The van der Waals surface area contributed by atoms with Crippen molar-refractivity contribution in [3.8, 4) is 0 Å². The lowest BCUT2D eigenvalue weighted by molar-refractivity contribution is 0.0693. The molecule has 94 valence electrons. The first-order valence-corrected chi connectivity index (χ1v) is 5.94. The number of H-pyrrole nitrogens is 1. The Bertz CT molecular complexity index is 660. The van der Waals surface area contributed by atoms with Crippen molar-refractivity contribution in [2.24, 2.45) is 7.05 Å². The zero-order valence-electron chi connectivity index (χ0n) is 9.80. The Balaban J connectivity index is 2.43. The van der Waals surface area contributed by atoms with Crippen LogP contribution in [0.3, 0.4) is 0 Å². The van der Waals surface area contributed by atoms with E-state index in [0.717, 1.165) is 17.3 Å². The number of aryl methyl sites for hydroxylation is 1. The molecule has 0 saturated carbocycles. The lowest BCUT2D eigenvalue weighted by Gasteiger charge is -2.05. The number of carboxylic acids is 1. The average Bonchev–Trinajstić information content (AvgIpc) is 2.63. The first kappa shape index (κ1) is 12.4. The number of aromatic carboxylic acids is 1. The molecule has 0 aliphatic rings. The fourth-order valence-electron chi connectivity index (χ4n) is 1.42. The van der Waals surface area contributed by atoms with Gasteiger partial charge < -0.3 is 5.11 Å². The molecule has 0 unspecified atom stereocenters. The van der Waals surface area contributed by atoms with E-state index in [0.29, 0.717) is 10.1 Å². The van der Waals surface area contributed by atoms with Gasteiger partial charge >= 0.3 is 11.7 Å². The second-order valence-corrected chi connectivity index (χ2v) is 4.79. The highest BCUT2D eigenvalue weighted by atomic mass is 32.2. The van der Waals surface area contributed by atoms with Crippen molar-refractivity contribution >= 4 is 17.7 Å². The molecule has 2 N–H and O–H groups in total. The van der Waals surface area contributed by atoms with Crippen LogP contribution in [0.5, 0.6) is 0 Å². The van der Waals surface area contributed by atoms with E-state index in [1.54, 1.807) is 19.2 Å². The molecule has 1 aromatic carbocycles. The van der Waals surface area contributed by atoms with Gasteiger partial charge in [0.1, 0.15) is 0 Å². The lowest BCUT2D eigenvalue weighted by atomic mass is 10.1. The van der Waals surface area contributed by atoms with Crippen LogP contribution in [0, 0.1) is 6.92 Å². The molecule has 1 heterocycles. The van der Waals surface area contributed by atoms with Crippen molar-refractivity contribution in [3.63, 3.8) is 0 Å². The maximum Gasteiger partial charge on any atom is 0.343 e. The van der Waals surface area contributed by atoms with E-state index in [1.165, 1.54) is 4.57 Å². The molecule has 1 aromatic heterocycles. The van der Waals surface area contributed by atoms with E-state index in [-0.39, 0.29) is 11.3 Å². The fraction of sp³-hybridized carbons (Fsp3) is 0.182. The summed E-state index contributed by atoms with van der Waals surface area (Å²) in [4.78, 5) is 22.9. The average molecular weight is 265 g/mol. The molecule has 0 bridgehead atoms. The monoisotopic (exact) mass is 265 g/mol. The smallest absolute Gasteiger partial charge is 0.343 e. The van der Waals surface area contributed by atoms with Gasteiger partial charge in [0, 0.05) is 11.9 Å². The third-order valence-electron chi connectivity index (χ3n) is 2.41. The normalized spacial score (nSPS) is 10.6. The highest BCUT2D eigenvalue weighted by molar-refractivity contribution is 7.99. The summed E-state index contributed by atoms with van der Waals surface area (Å²) in [6, 6.07) is 5.12. The number of nitrogens with zero attached hydrogens (tertiary/aromatic N) is 2. The Morgan fingerprint density at radius 3 is 2.78 bits per heavy atom. The molecule has 0 fully saturated rings. The van der Waals surface area contributed by atoms with Gasteiger partial charge in [-0.25, -0.2) is 14.7 Å². The van der Waals surface area contributed by atoms with Crippen molar-refractivity contribution in [2.45, 2.75) is 17.0 Å². The number of carbonyl (C=O) groups is 1. The summed E-state index contributed by atoms with van der Waals surface area (Å²) in [5.74, 6) is -0.998. The van der Waals surface area contributed by atoms with Gasteiger partial charge in [0.2, 0.25) is 0 Å². The molecule has 6 nitrogen and oxygen atoms in total. The van der Waals surface area contributed by atoms with Gasteiger partial charge in [-0.3, -0.25) is 4.57 Å². The number of hydrogen-bond donors (Lipinski definition) is 2. The predicted molar refractivity (Wildman–Crippen MR) is 66.1 cm³/mol. The molecule has 0 atom stereocenters. The largest absolute Gasteiger partial charge is 0.478 e. The van der Waals surface area contributed by atoms with E-state index in [9.17, 15) is 9.59 Å². The van der Waals surface area contributed by atoms with Crippen molar-refractivity contribution in [2.75, 3.05) is 0 Å². The Morgan fingerprint density at radius 1 is 1.50 bits per heavy atom. The molecule has 7 heteroatoms. The molecule has 0 spiro atoms. The van der Waals surface area contributed by atoms with Crippen LogP contribution >= 0.6 is 11.8 Å². The molecular weight excluding hydrogens is 254 g/mol. The minimum absolute atomic E-state index is 0.204. The van der Waals surface area contributed by atoms with Crippen molar-refractivity contribution < 1.29 is 9.90 Å². The Labute approximate surface area is 107 Å². The Kier molecular flexibility index (Phi) is 3.24. The van der Waals surface area contributed by atoms with Gasteiger partial charge in [-0.1, -0.05) is 11.6 Å². The molecule has 0 saturated heterocycles. The van der Waals surface area contributed by atoms with Crippen LogP contribution in [0.2, 0.25) is 0 Å². The number of benzene rings is 1. The summed E-state index contributed by atoms with van der Waals surface area (Å²) >= 11 is 1.14. The maximum atomic E-state index is 11.2. The fourth-order valence-corrected chi connectivity index (χ4v) is 2.32. The number of carboxylic acid groups (broad SMARTS) is 1. The number of hydrogen-bond acceptors (Lipinski definition) is 4. The second kappa shape index (κ2) is 4.69. The summed E-state index contributed by atoms with van der Waals surface area (Å²) in [5, 5.41) is 15.7. The Morgan fingerprint density at radius 2 is 2.22 bits per heavy atom. The van der Waals surface area contributed by atoms with Gasteiger partial charge in [0.25, 0.3) is 0 Å². The third kappa shape index (κ3) is 2.30. The van der Waals surface area contributed by atoms with Crippen LogP contribution in [0.25, 0.3) is 0 Å². The van der Waals surface area contributed by atoms with Crippen LogP contribution < -0.4 is 5.69 Å². The number of rotatable bonds is 3. The summed E-state index contributed by atoms with van der Waals surface area (Å²) in [7, 11) is 1.57. The summed E-state index contributed by atoms with van der Waals surface area (Å²) in [6.45, 7) is 1.82. The van der Waals surface area contributed by atoms with Gasteiger partial charge in [-0.05, 0) is 30.8 Å². The second-order valence-electron chi connectivity index (χ2n) is 3.78. The molecule has 2 aromatic rings. The zero-order valence-corrected chi connectivity index (χ0v) is 10.6. The number of aromatic nitrogens is 3. The van der Waals surface area contributed by atoms with Crippen molar-refractivity contribution in [1.82, 2.24) is 14.8 Å². The van der Waals surface area contributed by atoms with E-state index in [2.05, 4.69) is 10.2 Å². The number of nitrogens with one attached hydrogen (secondary N) is 1. The van der Waals surface area contributed by atoms with Crippen molar-refractivity contribution in [3.05, 3.63) is 39.8 Å². The SMILES string of the molecule is Cc1ccc(Sc2n[nH]c(=O)n2C)c(C(=O)O)c1. The van der Waals surface area contributed by atoms with E-state index in [4.69, 9.17) is 5.11 Å². The van der Waals surface area contributed by atoms with E-state index >= 15 is 0 Å². The number of aromatic amines is 1. The molecule has 18 heavy (non-hydrogen) atoms. The van der Waals surface area contributed by atoms with E-state index in [1.807, 2.05) is 13.0 Å². The standard InChI is InChI=1S/C11H11N3O3S/c1-6-3-4-8(7(5-6)9(15)16)18-11-13-12-10(17)14(11)2/h3-5H,1-2H3,(H,12,17)(H,15,16). The van der Waals surface area contributed by atoms with E-state index < -0.39 is 5.97 Å². The van der Waals surface area contributed by atoms with Crippen LogP contribution in [0.15, 0.2) is 33.0 Å². The molecule has 0 aliphatic carbocycles. The summed E-state index contributed by atoms with van der Waals surface area (Å²) in [5.41, 5.74) is 0.740. The first-order valence-electron chi connectivity index (χ1n) is 5.12. The molecule has 0 aliphatic heterocycles. The highest BCUT2D eigenvalue weighted by Gasteiger charge is 2.14. The molecular formula is C11H11N3O3S. The topological polar surface area (TPSA) is 88.0 Å². The molecule has 2 rings (SSSR count). The summed E-state index contributed by atoms with van der Waals surface area (Å²) < 4.78 is 1.33. The highest BCUT2D eigenvalue weighted by Crippen LogP contribution is 2.28. The van der Waals surface area contributed by atoms with Gasteiger partial charge in [0.15, 0.2) is 5.16 Å². The lowest BCUT2D eigenvalue weighted by Crippen LogP contribution is -2.12. The quantitative estimate of drug-likeness (QED) is 0.872. The predicted octanol–water partition coefficient (Wildman–Crippen LogP) is 1.27. The maximum absolute atomic E-state index is 11.2. The minimum Gasteiger partial charge on any atom is -0.478 e. The van der Waals surface area contributed by atoms with Gasteiger partial charge in [-0.15, -0.1) is 5.10 Å². The molecule has 0 radical (unpaired) electrons. The molecule has 0 amide bonds. The third-order valence-corrected chi connectivity index (χ3v) is 3.53.